The Morgan fingerprint density at radius 1 is 1.32 bits per heavy atom. The highest BCUT2D eigenvalue weighted by Gasteiger charge is 2.35. The number of carbonyl (C=O) groups is 1. The molecule has 0 spiro atoms. The van der Waals surface area contributed by atoms with Crippen LogP contribution in [0.5, 0.6) is 0 Å². The van der Waals surface area contributed by atoms with Crippen LogP contribution >= 0.6 is 0 Å². The van der Waals surface area contributed by atoms with Gasteiger partial charge in [0.1, 0.15) is 6.10 Å². The van der Waals surface area contributed by atoms with Crippen molar-refractivity contribution in [2.45, 2.75) is 83.8 Å². The lowest BCUT2D eigenvalue weighted by Crippen LogP contribution is -2.48. The lowest BCUT2D eigenvalue weighted by Gasteiger charge is -2.36. The smallest absolute Gasteiger partial charge is 0.330 e. The minimum absolute atomic E-state index is 0.123. The van der Waals surface area contributed by atoms with Crippen LogP contribution in [-0.4, -0.2) is 53.0 Å². The zero-order valence-corrected chi connectivity index (χ0v) is 13.8. The summed E-state index contributed by atoms with van der Waals surface area (Å²) >= 11 is 0. The highest BCUT2D eigenvalue weighted by Crippen LogP contribution is 2.22. The molecule has 1 rings (SSSR count). The normalized spacial score (nSPS) is 30.7. The van der Waals surface area contributed by atoms with Gasteiger partial charge in [0, 0.05) is 12.5 Å². The first-order valence-electron chi connectivity index (χ1n) is 7.83. The predicted octanol–water partition coefficient (Wildman–Crippen LogP) is 1.54. The van der Waals surface area contributed by atoms with Crippen molar-refractivity contribution in [3.63, 3.8) is 0 Å². The summed E-state index contributed by atoms with van der Waals surface area (Å²) in [7, 11) is 0. The maximum atomic E-state index is 11.3. The van der Waals surface area contributed by atoms with Crippen LogP contribution in [0.2, 0.25) is 0 Å². The van der Waals surface area contributed by atoms with Crippen molar-refractivity contribution in [3.8, 4) is 0 Å². The molecule has 0 aromatic rings. The maximum Gasteiger partial charge on any atom is 0.330 e. The molecule has 6 nitrogen and oxygen atoms in total. The zero-order chi connectivity index (χ0) is 16.7. The van der Waals surface area contributed by atoms with E-state index in [0.717, 1.165) is 0 Å². The van der Waals surface area contributed by atoms with Crippen LogP contribution in [0, 0.1) is 0 Å². The Kier molecular flexibility index (Phi) is 8.03. The number of hydrogen-bond donors (Lipinski definition) is 2. The van der Waals surface area contributed by atoms with E-state index in [4.69, 9.17) is 14.2 Å². The second kappa shape index (κ2) is 9.25. The third kappa shape index (κ3) is 6.87. The monoisotopic (exact) mass is 316 g/mol. The SMILES string of the molecule is CC(C)OC(=O)/C=C/CC[C@@H](C)O[C@@H]1O[C@@H](C)[C@H](O)C[C@H]1O. The summed E-state index contributed by atoms with van der Waals surface area (Å²) < 4.78 is 16.1. The maximum absolute atomic E-state index is 11.3. The number of carbonyl (C=O) groups excluding carboxylic acids is 1. The van der Waals surface area contributed by atoms with Crippen molar-refractivity contribution < 1.29 is 29.2 Å². The Balaban J connectivity index is 2.27. The third-order valence-corrected chi connectivity index (χ3v) is 3.40. The van der Waals surface area contributed by atoms with Crippen LogP contribution in [0.4, 0.5) is 0 Å². The van der Waals surface area contributed by atoms with Crippen LogP contribution in [-0.2, 0) is 19.0 Å². The number of rotatable bonds is 7. The van der Waals surface area contributed by atoms with E-state index in [0.29, 0.717) is 12.8 Å². The summed E-state index contributed by atoms with van der Waals surface area (Å²) in [6, 6.07) is 0. The Bertz CT molecular complexity index is 368. The second-order valence-electron chi connectivity index (χ2n) is 5.99. The number of ether oxygens (including phenoxy) is 3. The Labute approximate surface area is 132 Å². The van der Waals surface area contributed by atoms with Crippen LogP contribution in [0.1, 0.15) is 47.0 Å². The largest absolute Gasteiger partial charge is 0.460 e. The van der Waals surface area contributed by atoms with Gasteiger partial charge in [-0.15, -0.1) is 0 Å². The van der Waals surface area contributed by atoms with Crippen LogP contribution in [0.3, 0.4) is 0 Å². The summed E-state index contributed by atoms with van der Waals surface area (Å²) in [6.45, 7) is 7.23. The molecule has 0 aromatic carbocycles. The molecule has 0 saturated carbocycles. The molecule has 0 aliphatic carbocycles. The van der Waals surface area contributed by atoms with Crippen molar-refractivity contribution in [1.29, 1.82) is 0 Å². The standard InChI is InChI=1S/C16H28O6/c1-10(2)20-15(19)8-6-5-7-11(3)21-16-14(18)9-13(17)12(4)22-16/h6,8,10-14,16-18H,5,7,9H2,1-4H3/b8-6+/t11-,12+,13-,14-,16-/m1/s1. The molecule has 0 bridgehead atoms. The molecule has 2 N–H and O–H groups in total. The molecule has 1 fully saturated rings. The van der Waals surface area contributed by atoms with E-state index >= 15 is 0 Å². The van der Waals surface area contributed by atoms with E-state index in [1.54, 1.807) is 26.8 Å². The van der Waals surface area contributed by atoms with E-state index in [1.807, 2.05) is 6.92 Å². The molecular formula is C16H28O6. The molecule has 1 aliphatic heterocycles. The van der Waals surface area contributed by atoms with E-state index in [1.165, 1.54) is 6.08 Å². The first-order chi connectivity index (χ1) is 10.3. The highest BCUT2D eigenvalue weighted by molar-refractivity contribution is 5.81. The summed E-state index contributed by atoms with van der Waals surface area (Å²) in [4.78, 5) is 11.3. The lowest BCUT2D eigenvalue weighted by atomic mass is 10.0. The summed E-state index contributed by atoms with van der Waals surface area (Å²) in [5.74, 6) is -0.350. The molecule has 5 atom stereocenters. The number of allylic oxidation sites excluding steroid dienone is 1. The van der Waals surface area contributed by atoms with Crippen molar-refractivity contribution in [1.82, 2.24) is 0 Å². The molecule has 0 aromatic heterocycles. The molecule has 0 amide bonds. The molecule has 0 radical (unpaired) electrons. The Morgan fingerprint density at radius 2 is 2.00 bits per heavy atom. The molecule has 22 heavy (non-hydrogen) atoms. The van der Waals surface area contributed by atoms with Gasteiger partial charge in [-0.3, -0.25) is 0 Å². The molecule has 6 heteroatoms. The van der Waals surface area contributed by atoms with E-state index < -0.39 is 18.5 Å². The first-order valence-corrected chi connectivity index (χ1v) is 7.83. The van der Waals surface area contributed by atoms with Crippen molar-refractivity contribution in [2.24, 2.45) is 0 Å². The van der Waals surface area contributed by atoms with E-state index in [-0.39, 0.29) is 30.7 Å². The van der Waals surface area contributed by atoms with Crippen LogP contribution in [0.25, 0.3) is 0 Å². The quantitative estimate of drug-likeness (QED) is 0.547. The second-order valence-corrected chi connectivity index (χ2v) is 5.99. The molecular weight excluding hydrogens is 288 g/mol. The van der Waals surface area contributed by atoms with Gasteiger partial charge in [0.2, 0.25) is 0 Å². The van der Waals surface area contributed by atoms with Gasteiger partial charge in [0.05, 0.1) is 24.4 Å². The number of hydrogen-bond acceptors (Lipinski definition) is 6. The minimum Gasteiger partial charge on any atom is -0.460 e. The fourth-order valence-electron chi connectivity index (χ4n) is 2.14. The van der Waals surface area contributed by atoms with Gasteiger partial charge in [-0.2, -0.15) is 0 Å². The van der Waals surface area contributed by atoms with E-state index in [2.05, 4.69) is 0 Å². The number of aliphatic hydroxyl groups excluding tert-OH is 2. The summed E-state index contributed by atoms with van der Waals surface area (Å²) in [6.07, 6.45) is 1.94. The Morgan fingerprint density at radius 3 is 2.64 bits per heavy atom. The first kappa shape index (κ1) is 19.1. The van der Waals surface area contributed by atoms with Gasteiger partial charge in [0.25, 0.3) is 0 Å². The van der Waals surface area contributed by atoms with E-state index in [9.17, 15) is 15.0 Å². The minimum atomic E-state index is -0.829. The highest BCUT2D eigenvalue weighted by atomic mass is 16.7. The van der Waals surface area contributed by atoms with Gasteiger partial charge in [-0.25, -0.2) is 4.79 Å². The average Bonchev–Trinajstić information content (AvgIpc) is 2.40. The lowest BCUT2D eigenvalue weighted by molar-refractivity contribution is -0.273. The molecule has 0 unspecified atom stereocenters. The topological polar surface area (TPSA) is 85.2 Å². The molecule has 1 saturated heterocycles. The van der Waals surface area contributed by atoms with Gasteiger partial charge in [-0.1, -0.05) is 6.08 Å². The van der Waals surface area contributed by atoms with Gasteiger partial charge >= 0.3 is 5.97 Å². The number of esters is 1. The van der Waals surface area contributed by atoms with Gasteiger partial charge in [0.15, 0.2) is 6.29 Å². The fourth-order valence-corrected chi connectivity index (χ4v) is 2.14. The van der Waals surface area contributed by atoms with Crippen molar-refractivity contribution >= 4 is 5.97 Å². The summed E-state index contributed by atoms with van der Waals surface area (Å²) in [5.41, 5.74) is 0. The predicted molar refractivity (Wildman–Crippen MR) is 81.1 cm³/mol. The fraction of sp³-hybridized carbons (Fsp3) is 0.812. The zero-order valence-electron chi connectivity index (χ0n) is 13.8. The summed E-state index contributed by atoms with van der Waals surface area (Å²) in [5, 5.41) is 19.4. The average molecular weight is 316 g/mol. The van der Waals surface area contributed by atoms with Gasteiger partial charge < -0.3 is 24.4 Å². The van der Waals surface area contributed by atoms with Crippen LogP contribution < -0.4 is 0 Å². The van der Waals surface area contributed by atoms with Crippen molar-refractivity contribution in [3.05, 3.63) is 12.2 Å². The third-order valence-electron chi connectivity index (χ3n) is 3.40. The molecule has 128 valence electrons. The van der Waals surface area contributed by atoms with Gasteiger partial charge in [-0.05, 0) is 40.5 Å². The Hall–Kier alpha value is -0.950. The van der Waals surface area contributed by atoms with Crippen molar-refractivity contribution in [2.75, 3.05) is 0 Å². The number of aliphatic hydroxyl groups is 2. The van der Waals surface area contributed by atoms with Crippen LogP contribution in [0.15, 0.2) is 12.2 Å². The molecule has 1 aliphatic rings. The molecule has 1 heterocycles.